The topological polar surface area (TPSA) is 72.8 Å². The van der Waals surface area contributed by atoms with Crippen LogP contribution in [0.2, 0.25) is 0 Å². The standard InChI is InChI=1S/C15H20O5/c1-8-10-4-3-9(16)7-15(2)6-5-11(17)19-13(15)12(10)20-14(8)18/h10-13,17H,1,3-7H2,2H3/t10-,11-,12-,13+,15+/m0/s1. The first-order chi connectivity index (χ1) is 9.40. The third-order valence-corrected chi connectivity index (χ3v) is 4.94. The van der Waals surface area contributed by atoms with Crippen molar-refractivity contribution in [2.24, 2.45) is 11.3 Å². The van der Waals surface area contributed by atoms with E-state index >= 15 is 0 Å². The summed E-state index contributed by atoms with van der Waals surface area (Å²) in [5, 5.41) is 9.77. The van der Waals surface area contributed by atoms with E-state index in [0.29, 0.717) is 37.7 Å². The molecule has 20 heavy (non-hydrogen) atoms. The minimum atomic E-state index is -0.851. The number of hydrogen-bond acceptors (Lipinski definition) is 5. The van der Waals surface area contributed by atoms with Gasteiger partial charge in [0.2, 0.25) is 0 Å². The number of aliphatic hydroxyl groups excluding tert-OH is 1. The molecule has 0 radical (unpaired) electrons. The molecule has 3 rings (SSSR count). The SMILES string of the molecule is C=C1C(=O)O[C@@H]2[C@H]3O[C@H](O)CC[C@]3(C)CC(=O)CC[C@@H]12. The summed E-state index contributed by atoms with van der Waals surface area (Å²) in [7, 11) is 0. The Morgan fingerprint density at radius 2 is 2.10 bits per heavy atom. The first-order valence-electron chi connectivity index (χ1n) is 7.16. The average molecular weight is 280 g/mol. The molecule has 3 aliphatic rings. The van der Waals surface area contributed by atoms with E-state index in [1.807, 2.05) is 6.92 Å². The van der Waals surface area contributed by atoms with Gasteiger partial charge in [0, 0.05) is 29.7 Å². The molecular weight excluding hydrogens is 260 g/mol. The number of esters is 1. The van der Waals surface area contributed by atoms with Crippen LogP contribution in [0.5, 0.6) is 0 Å². The number of carbonyl (C=O) groups is 2. The molecule has 1 saturated carbocycles. The Kier molecular flexibility index (Phi) is 3.21. The molecule has 0 bridgehead atoms. The number of aliphatic hydroxyl groups is 1. The van der Waals surface area contributed by atoms with Crippen LogP contribution in [0.1, 0.15) is 39.0 Å². The van der Waals surface area contributed by atoms with Crippen molar-refractivity contribution in [3.8, 4) is 0 Å². The monoisotopic (exact) mass is 280 g/mol. The molecule has 2 heterocycles. The fourth-order valence-electron chi connectivity index (χ4n) is 3.76. The van der Waals surface area contributed by atoms with E-state index in [9.17, 15) is 14.7 Å². The first-order valence-corrected chi connectivity index (χ1v) is 7.16. The minimum absolute atomic E-state index is 0.179. The fourth-order valence-corrected chi connectivity index (χ4v) is 3.76. The zero-order valence-electron chi connectivity index (χ0n) is 11.6. The smallest absolute Gasteiger partial charge is 0.334 e. The molecule has 5 atom stereocenters. The van der Waals surface area contributed by atoms with Gasteiger partial charge in [-0.25, -0.2) is 4.79 Å². The first kappa shape index (κ1) is 13.8. The Balaban J connectivity index is 1.97. The van der Waals surface area contributed by atoms with Crippen molar-refractivity contribution in [1.29, 1.82) is 0 Å². The Bertz CT molecular complexity index is 471. The summed E-state index contributed by atoms with van der Waals surface area (Å²) in [6.07, 6.45) is 0.909. The van der Waals surface area contributed by atoms with E-state index in [1.54, 1.807) is 0 Å². The van der Waals surface area contributed by atoms with Crippen LogP contribution in [0.15, 0.2) is 12.2 Å². The highest BCUT2D eigenvalue weighted by atomic mass is 16.6. The maximum atomic E-state index is 12.1. The molecule has 1 N–H and O–H groups in total. The van der Waals surface area contributed by atoms with Crippen molar-refractivity contribution in [3.05, 3.63) is 12.2 Å². The van der Waals surface area contributed by atoms with Crippen LogP contribution in [0.3, 0.4) is 0 Å². The summed E-state index contributed by atoms with van der Waals surface area (Å²) < 4.78 is 11.1. The van der Waals surface area contributed by atoms with Gasteiger partial charge >= 0.3 is 5.97 Å². The number of hydrogen-bond donors (Lipinski definition) is 1. The van der Waals surface area contributed by atoms with Gasteiger partial charge in [-0.1, -0.05) is 13.5 Å². The van der Waals surface area contributed by atoms with Crippen LogP contribution in [0.25, 0.3) is 0 Å². The number of fused-ring (bicyclic) bond motifs is 3. The van der Waals surface area contributed by atoms with Crippen LogP contribution in [-0.4, -0.2) is 35.4 Å². The van der Waals surface area contributed by atoms with Crippen molar-refractivity contribution in [2.75, 3.05) is 0 Å². The Morgan fingerprint density at radius 3 is 2.85 bits per heavy atom. The van der Waals surface area contributed by atoms with Crippen molar-refractivity contribution in [3.63, 3.8) is 0 Å². The molecule has 1 aliphatic carbocycles. The van der Waals surface area contributed by atoms with Crippen molar-refractivity contribution >= 4 is 11.8 Å². The van der Waals surface area contributed by atoms with Crippen LogP contribution in [-0.2, 0) is 19.1 Å². The van der Waals surface area contributed by atoms with Gasteiger partial charge in [0.1, 0.15) is 18.0 Å². The van der Waals surface area contributed by atoms with Crippen molar-refractivity contribution in [1.82, 2.24) is 0 Å². The lowest BCUT2D eigenvalue weighted by atomic mass is 9.67. The molecule has 3 fully saturated rings. The van der Waals surface area contributed by atoms with Gasteiger partial charge in [-0.2, -0.15) is 0 Å². The molecule has 0 aromatic carbocycles. The molecule has 2 aliphatic heterocycles. The molecule has 110 valence electrons. The molecule has 0 amide bonds. The summed E-state index contributed by atoms with van der Waals surface area (Å²) >= 11 is 0. The van der Waals surface area contributed by atoms with Crippen LogP contribution < -0.4 is 0 Å². The molecule has 0 aromatic rings. The number of Topliss-reactive ketones (excluding diaryl/α,β-unsaturated/α-hetero) is 1. The molecule has 0 spiro atoms. The highest BCUT2D eigenvalue weighted by Crippen LogP contribution is 2.48. The molecule has 5 heteroatoms. The van der Waals surface area contributed by atoms with Gasteiger partial charge in [-0.3, -0.25) is 4.79 Å². The summed E-state index contributed by atoms with van der Waals surface area (Å²) in [5.41, 5.74) is 0.0422. The summed E-state index contributed by atoms with van der Waals surface area (Å²) in [6.45, 7) is 5.78. The number of ether oxygens (including phenoxy) is 2. The minimum Gasteiger partial charge on any atom is -0.456 e. The van der Waals surface area contributed by atoms with Gasteiger partial charge in [0.15, 0.2) is 6.29 Å². The lowest BCUT2D eigenvalue weighted by molar-refractivity contribution is -0.240. The second-order valence-corrected chi connectivity index (χ2v) is 6.46. The van der Waals surface area contributed by atoms with Crippen LogP contribution in [0.4, 0.5) is 0 Å². The maximum Gasteiger partial charge on any atom is 0.334 e. The number of carbonyl (C=O) groups excluding carboxylic acids is 2. The molecule has 2 saturated heterocycles. The highest BCUT2D eigenvalue weighted by Gasteiger charge is 2.54. The quantitative estimate of drug-likeness (QED) is 0.535. The van der Waals surface area contributed by atoms with Gasteiger partial charge in [0.05, 0.1) is 0 Å². The summed E-state index contributed by atoms with van der Waals surface area (Å²) in [6, 6.07) is 0. The van der Waals surface area contributed by atoms with E-state index in [0.717, 1.165) is 0 Å². The van der Waals surface area contributed by atoms with Gasteiger partial charge in [-0.15, -0.1) is 0 Å². The van der Waals surface area contributed by atoms with Gasteiger partial charge < -0.3 is 14.6 Å². The predicted octanol–water partition coefficient (Wildman–Crippen LogP) is 1.34. The van der Waals surface area contributed by atoms with Crippen molar-refractivity contribution < 1.29 is 24.2 Å². The van der Waals surface area contributed by atoms with E-state index in [2.05, 4.69) is 6.58 Å². The van der Waals surface area contributed by atoms with E-state index in [4.69, 9.17) is 9.47 Å². The average Bonchev–Trinajstić information content (AvgIpc) is 2.65. The summed E-state index contributed by atoms with van der Waals surface area (Å²) in [4.78, 5) is 23.9. The van der Waals surface area contributed by atoms with Crippen molar-refractivity contribution in [2.45, 2.75) is 57.5 Å². The fraction of sp³-hybridized carbons (Fsp3) is 0.733. The maximum absolute atomic E-state index is 12.1. The second kappa shape index (κ2) is 4.67. The number of rotatable bonds is 0. The summed E-state index contributed by atoms with van der Waals surface area (Å²) in [5.74, 6) is -0.398. The highest BCUT2D eigenvalue weighted by molar-refractivity contribution is 5.91. The van der Waals surface area contributed by atoms with E-state index in [-0.39, 0.29) is 17.1 Å². The Morgan fingerprint density at radius 1 is 1.35 bits per heavy atom. The zero-order valence-corrected chi connectivity index (χ0v) is 11.6. The molecule has 0 aromatic heterocycles. The van der Waals surface area contributed by atoms with Gasteiger partial charge in [0.25, 0.3) is 0 Å². The van der Waals surface area contributed by atoms with E-state index in [1.165, 1.54) is 0 Å². The Labute approximate surface area is 117 Å². The largest absolute Gasteiger partial charge is 0.456 e. The second-order valence-electron chi connectivity index (χ2n) is 6.46. The third kappa shape index (κ3) is 2.09. The van der Waals surface area contributed by atoms with E-state index < -0.39 is 24.5 Å². The molecule has 0 unspecified atom stereocenters. The van der Waals surface area contributed by atoms with Crippen LogP contribution in [0, 0.1) is 11.3 Å². The number of ketones is 1. The predicted molar refractivity (Wildman–Crippen MR) is 69.6 cm³/mol. The van der Waals surface area contributed by atoms with Crippen LogP contribution >= 0.6 is 0 Å². The lowest BCUT2D eigenvalue weighted by Crippen LogP contribution is -2.53. The lowest BCUT2D eigenvalue weighted by Gasteiger charge is -2.46. The zero-order chi connectivity index (χ0) is 14.5. The molecular formula is C15H20O5. The third-order valence-electron chi connectivity index (χ3n) is 4.94. The van der Waals surface area contributed by atoms with Gasteiger partial charge in [-0.05, 0) is 19.3 Å². The normalized spacial score (nSPS) is 45.2. The Hall–Kier alpha value is -1.20. The molecule has 5 nitrogen and oxygen atoms in total.